The van der Waals surface area contributed by atoms with Gasteiger partial charge in [0.15, 0.2) is 5.78 Å². The number of hydrogen-bond donors (Lipinski definition) is 4. The van der Waals surface area contributed by atoms with Gasteiger partial charge in [0.1, 0.15) is 6.29 Å². The molecule has 0 rings (SSSR count). The Kier molecular flexibility index (Phi) is 8.10. The number of hydrazine groups is 1. The Labute approximate surface area is 107 Å². The Morgan fingerprint density at radius 2 is 1.89 bits per heavy atom. The second kappa shape index (κ2) is 8.73. The topological polar surface area (TPSA) is 127 Å². The van der Waals surface area contributed by atoms with Crippen LogP contribution < -0.4 is 22.3 Å². The predicted molar refractivity (Wildman–Crippen MR) is 67.2 cm³/mol. The monoisotopic (exact) mass is 258 g/mol. The second-order valence-electron chi connectivity index (χ2n) is 4.55. The van der Waals surface area contributed by atoms with Crippen LogP contribution in [0.1, 0.15) is 26.7 Å². The molecule has 2 atom stereocenters. The molecule has 6 N–H and O–H groups in total. The molecule has 0 aliphatic carbocycles. The molecule has 0 aromatic heterocycles. The lowest BCUT2D eigenvalue weighted by Crippen LogP contribution is -2.53. The molecule has 0 spiro atoms. The summed E-state index contributed by atoms with van der Waals surface area (Å²) in [5.74, 6) is -0.447. The first-order valence-corrected chi connectivity index (χ1v) is 5.88. The Morgan fingerprint density at radius 1 is 1.28 bits per heavy atom. The minimum atomic E-state index is -0.747. The van der Waals surface area contributed by atoms with Gasteiger partial charge < -0.3 is 16.3 Å². The van der Waals surface area contributed by atoms with Crippen molar-refractivity contribution in [3.63, 3.8) is 0 Å². The molecule has 0 bridgehead atoms. The van der Waals surface area contributed by atoms with Crippen molar-refractivity contribution in [2.75, 3.05) is 6.54 Å². The maximum absolute atomic E-state index is 11.6. The Bertz CT molecular complexity index is 294. The van der Waals surface area contributed by atoms with E-state index in [2.05, 4.69) is 10.9 Å². The van der Waals surface area contributed by atoms with Gasteiger partial charge in [0.05, 0.1) is 18.6 Å². The zero-order valence-electron chi connectivity index (χ0n) is 10.8. The molecular weight excluding hydrogens is 236 g/mol. The van der Waals surface area contributed by atoms with E-state index in [1.54, 1.807) is 0 Å². The van der Waals surface area contributed by atoms with Crippen LogP contribution in [0, 0.1) is 5.92 Å². The summed E-state index contributed by atoms with van der Waals surface area (Å²) in [5.41, 5.74) is 15.7. The van der Waals surface area contributed by atoms with Crippen LogP contribution in [0.25, 0.3) is 0 Å². The summed E-state index contributed by atoms with van der Waals surface area (Å²) in [7, 11) is 0. The summed E-state index contributed by atoms with van der Waals surface area (Å²) < 4.78 is 0. The molecule has 0 aromatic rings. The Hall–Kier alpha value is -1.31. The summed E-state index contributed by atoms with van der Waals surface area (Å²) in [6.07, 6.45) is 1.03. The molecule has 1 amide bonds. The minimum absolute atomic E-state index is 0.0758. The van der Waals surface area contributed by atoms with Gasteiger partial charge in [-0.3, -0.25) is 9.59 Å². The van der Waals surface area contributed by atoms with Gasteiger partial charge in [-0.25, -0.2) is 10.9 Å². The highest BCUT2D eigenvalue weighted by Crippen LogP contribution is 2.04. The van der Waals surface area contributed by atoms with E-state index < -0.39 is 18.0 Å². The third-order valence-corrected chi connectivity index (χ3v) is 2.33. The van der Waals surface area contributed by atoms with Crippen molar-refractivity contribution in [1.29, 1.82) is 0 Å². The van der Waals surface area contributed by atoms with Gasteiger partial charge in [-0.1, -0.05) is 13.8 Å². The van der Waals surface area contributed by atoms with Gasteiger partial charge in [0.25, 0.3) is 0 Å². The van der Waals surface area contributed by atoms with E-state index in [4.69, 9.17) is 11.5 Å². The summed E-state index contributed by atoms with van der Waals surface area (Å²) in [6, 6.07) is -1.23. The van der Waals surface area contributed by atoms with Crippen LogP contribution in [0.3, 0.4) is 0 Å². The molecule has 0 saturated carbocycles. The smallest absolute Gasteiger partial charge is 0.219 e. The highest BCUT2D eigenvalue weighted by molar-refractivity contribution is 5.85. The Morgan fingerprint density at radius 3 is 2.28 bits per heavy atom. The molecule has 7 nitrogen and oxygen atoms in total. The van der Waals surface area contributed by atoms with Crippen LogP contribution in [-0.2, 0) is 14.4 Å². The van der Waals surface area contributed by atoms with Crippen molar-refractivity contribution in [2.24, 2.45) is 17.4 Å². The lowest BCUT2D eigenvalue weighted by Gasteiger charge is -2.21. The first-order chi connectivity index (χ1) is 8.40. The third-order valence-electron chi connectivity index (χ3n) is 2.33. The van der Waals surface area contributed by atoms with Crippen LogP contribution in [0.4, 0.5) is 0 Å². The zero-order valence-corrected chi connectivity index (χ0v) is 10.8. The van der Waals surface area contributed by atoms with Crippen LogP contribution >= 0.6 is 0 Å². The number of amides is 1. The van der Waals surface area contributed by atoms with Crippen molar-refractivity contribution in [3.8, 4) is 0 Å². The predicted octanol–water partition coefficient (Wildman–Crippen LogP) is -1.53. The lowest BCUT2D eigenvalue weighted by molar-refractivity contribution is -0.122. The molecule has 0 fully saturated rings. The number of nitrogens with two attached hydrogens (primary N) is 2. The largest absolute Gasteiger partial charge is 0.370 e. The highest BCUT2D eigenvalue weighted by Gasteiger charge is 2.19. The van der Waals surface area contributed by atoms with Crippen LogP contribution in [0.2, 0.25) is 0 Å². The molecule has 0 aliphatic rings. The molecule has 0 aromatic carbocycles. The molecular formula is C11H22N4O3. The van der Waals surface area contributed by atoms with E-state index >= 15 is 0 Å². The van der Waals surface area contributed by atoms with Crippen molar-refractivity contribution in [1.82, 2.24) is 10.9 Å². The van der Waals surface area contributed by atoms with Crippen molar-refractivity contribution < 1.29 is 14.4 Å². The van der Waals surface area contributed by atoms with Gasteiger partial charge in [-0.15, -0.1) is 0 Å². The van der Waals surface area contributed by atoms with Gasteiger partial charge in [0.2, 0.25) is 5.91 Å². The molecule has 0 saturated heterocycles. The molecule has 0 heterocycles. The van der Waals surface area contributed by atoms with Gasteiger partial charge in [-0.2, -0.15) is 0 Å². The maximum Gasteiger partial charge on any atom is 0.219 e. The van der Waals surface area contributed by atoms with Crippen molar-refractivity contribution in [2.45, 2.75) is 38.8 Å². The SMILES string of the molecule is CC(C)C[C@H](NN[C@H](C=O)CC(N)=O)C(=O)CN. The van der Waals surface area contributed by atoms with Crippen LogP contribution in [-0.4, -0.2) is 36.6 Å². The number of carbonyl (C=O) groups excluding carboxylic acids is 3. The van der Waals surface area contributed by atoms with Crippen molar-refractivity contribution >= 4 is 18.0 Å². The molecule has 7 heteroatoms. The first-order valence-electron chi connectivity index (χ1n) is 5.88. The Balaban J connectivity index is 4.35. The van der Waals surface area contributed by atoms with Crippen molar-refractivity contribution in [3.05, 3.63) is 0 Å². The third kappa shape index (κ3) is 7.10. The van der Waals surface area contributed by atoms with Crippen LogP contribution in [0.5, 0.6) is 0 Å². The summed E-state index contributed by atoms with van der Waals surface area (Å²) in [4.78, 5) is 32.9. The number of Topliss-reactive ketones (excluding diaryl/α,β-unsaturated/α-hetero) is 1. The lowest BCUT2D eigenvalue weighted by atomic mass is 10.0. The maximum atomic E-state index is 11.6. The molecule has 0 aliphatic heterocycles. The summed E-state index contributed by atoms with van der Waals surface area (Å²) in [5, 5.41) is 0. The summed E-state index contributed by atoms with van der Waals surface area (Å²) >= 11 is 0. The fourth-order valence-electron chi connectivity index (χ4n) is 1.44. The fourth-order valence-corrected chi connectivity index (χ4v) is 1.44. The number of aldehydes is 1. The highest BCUT2D eigenvalue weighted by atomic mass is 16.1. The minimum Gasteiger partial charge on any atom is -0.370 e. The van der Waals surface area contributed by atoms with E-state index in [0.717, 1.165) is 0 Å². The molecule has 18 heavy (non-hydrogen) atoms. The van der Waals surface area contributed by atoms with E-state index in [9.17, 15) is 14.4 Å². The van der Waals surface area contributed by atoms with E-state index in [-0.39, 0.29) is 18.7 Å². The zero-order chi connectivity index (χ0) is 14.1. The standard InChI is InChI=1S/C11H22N4O3/c1-7(2)3-9(10(17)5-12)15-14-8(6-16)4-11(13)18/h6-9,14-15H,3-5,12H2,1-2H3,(H2,13,18)/t8-,9-/m0/s1. The summed E-state index contributed by atoms with van der Waals surface area (Å²) in [6.45, 7) is 3.87. The number of rotatable bonds is 10. The molecule has 0 radical (unpaired) electrons. The number of nitrogens with one attached hydrogen (secondary N) is 2. The quantitative estimate of drug-likeness (QED) is 0.278. The van der Waals surface area contributed by atoms with Gasteiger partial charge >= 0.3 is 0 Å². The number of hydrogen-bond acceptors (Lipinski definition) is 6. The van der Waals surface area contributed by atoms with Gasteiger partial charge in [-0.05, 0) is 12.3 Å². The number of primary amides is 1. The fraction of sp³-hybridized carbons (Fsp3) is 0.727. The van der Waals surface area contributed by atoms with Gasteiger partial charge in [0, 0.05) is 6.42 Å². The molecule has 104 valence electrons. The normalized spacial score (nSPS) is 14.2. The van der Waals surface area contributed by atoms with E-state index in [1.807, 2.05) is 13.8 Å². The number of ketones is 1. The average molecular weight is 258 g/mol. The average Bonchev–Trinajstić information content (AvgIpc) is 2.30. The van der Waals surface area contributed by atoms with E-state index in [1.165, 1.54) is 0 Å². The molecule has 0 unspecified atom stereocenters. The van der Waals surface area contributed by atoms with E-state index in [0.29, 0.717) is 18.6 Å². The number of carbonyl (C=O) groups is 3. The first kappa shape index (κ1) is 16.7. The van der Waals surface area contributed by atoms with Crippen LogP contribution in [0.15, 0.2) is 0 Å². The second-order valence-corrected chi connectivity index (χ2v) is 4.55.